The molecule has 3 rings (SSSR count). The zero-order valence-electron chi connectivity index (χ0n) is 14.1. The Bertz CT molecular complexity index is 774. The van der Waals surface area contributed by atoms with Gasteiger partial charge < -0.3 is 10.2 Å². The average Bonchev–Trinajstić information content (AvgIpc) is 3.17. The van der Waals surface area contributed by atoms with Gasteiger partial charge in [-0.25, -0.2) is 4.39 Å². The predicted molar refractivity (Wildman–Crippen MR) is 91.4 cm³/mol. The standard InChI is InChI=1S/C18H21FN4O2/c1-22-11-13(10-21-22)4-3-7-20-18(25)14-8-17(24)23(12-14)16-6-2-5-15(19)9-16/h2,5-6,9-11,14H,3-4,7-8,12H2,1H3,(H,20,25). The fraction of sp³-hybridized carbons (Fsp3) is 0.389. The first-order chi connectivity index (χ1) is 12.0. The maximum absolute atomic E-state index is 13.3. The number of anilines is 1. The zero-order chi connectivity index (χ0) is 17.8. The van der Waals surface area contributed by atoms with Gasteiger partial charge in [0.15, 0.2) is 0 Å². The van der Waals surface area contributed by atoms with E-state index in [9.17, 15) is 14.0 Å². The molecule has 1 fully saturated rings. The van der Waals surface area contributed by atoms with E-state index in [2.05, 4.69) is 10.4 Å². The number of halogens is 1. The first-order valence-corrected chi connectivity index (χ1v) is 8.34. The highest BCUT2D eigenvalue weighted by atomic mass is 19.1. The summed E-state index contributed by atoms with van der Waals surface area (Å²) in [6, 6.07) is 5.88. The molecule has 0 saturated carbocycles. The van der Waals surface area contributed by atoms with Gasteiger partial charge in [0.2, 0.25) is 11.8 Å². The number of hydrogen-bond donors (Lipinski definition) is 1. The van der Waals surface area contributed by atoms with E-state index in [-0.39, 0.29) is 24.8 Å². The van der Waals surface area contributed by atoms with Crippen molar-refractivity contribution < 1.29 is 14.0 Å². The molecule has 0 radical (unpaired) electrons. The molecule has 1 aromatic heterocycles. The summed E-state index contributed by atoms with van der Waals surface area (Å²) in [6.07, 6.45) is 5.58. The van der Waals surface area contributed by atoms with Gasteiger partial charge in [0, 0.05) is 38.4 Å². The highest BCUT2D eigenvalue weighted by Gasteiger charge is 2.35. The van der Waals surface area contributed by atoms with Crippen LogP contribution in [0.3, 0.4) is 0 Å². The Hall–Kier alpha value is -2.70. The number of rotatable bonds is 6. The number of nitrogens with one attached hydrogen (secondary N) is 1. The smallest absolute Gasteiger partial charge is 0.227 e. The molecule has 1 saturated heterocycles. The Morgan fingerprint density at radius 2 is 2.28 bits per heavy atom. The van der Waals surface area contributed by atoms with Gasteiger partial charge in [-0.15, -0.1) is 0 Å². The SMILES string of the molecule is Cn1cc(CCCNC(=O)C2CC(=O)N(c3cccc(F)c3)C2)cn1. The summed E-state index contributed by atoms with van der Waals surface area (Å²) in [6.45, 7) is 0.842. The Morgan fingerprint density at radius 3 is 3.00 bits per heavy atom. The number of aryl methyl sites for hydroxylation is 2. The van der Waals surface area contributed by atoms with Gasteiger partial charge in [0.1, 0.15) is 5.82 Å². The number of aromatic nitrogens is 2. The van der Waals surface area contributed by atoms with Crippen molar-refractivity contribution in [1.29, 1.82) is 0 Å². The van der Waals surface area contributed by atoms with E-state index in [1.807, 2.05) is 19.4 Å². The molecule has 1 unspecified atom stereocenters. The normalized spacial score (nSPS) is 17.1. The summed E-state index contributed by atoms with van der Waals surface area (Å²) in [5, 5.41) is 6.99. The van der Waals surface area contributed by atoms with Crippen molar-refractivity contribution in [2.24, 2.45) is 13.0 Å². The molecule has 1 atom stereocenters. The molecule has 1 aromatic carbocycles. The Labute approximate surface area is 145 Å². The van der Waals surface area contributed by atoms with E-state index < -0.39 is 11.7 Å². The van der Waals surface area contributed by atoms with Crippen LogP contribution in [0.4, 0.5) is 10.1 Å². The maximum Gasteiger partial charge on any atom is 0.227 e. The van der Waals surface area contributed by atoms with Gasteiger partial charge in [0.25, 0.3) is 0 Å². The van der Waals surface area contributed by atoms with E-state index in [1.54, 1.807) is 16.8 Å². The molecule has 1 aliphatic heterocycles. The number of benzene rings is 1. The lowest BCUT2D eigenvalue weighted by Gasteiger charge is -2.16. The number of hydrogen-bond acceptors (Lipinski definition) is 3. The van der Waals surface area contributed by atoms with Crippen LogP contribution in [0.1, 0.15) is 18.4 Å². The first-order valence-electron chi connectivity index (χ1n) is 8.34. The van der Waals surface area contributed by atoms with Gasteiger partial charge >= 0.3 is 0 Å². The summed E-state index contributed by atoms with van der Waals surface area (Å²) in [5.41, 5.74) is 1.63. The van der Waals surface area contributed by atoms with Crippen LogP contribution in [-0.4, -0.2) is 34.7 Å². The number of nitrogens with zero attached hydrogens (tertiary/aromatic N) is 3. The summed E-state index contributed by atoms with van der Waals surface area (Å²) in [4.78, 5) is 25.9. The minimum atomic E-state index is -0.395. The van der Waals surface area contributed by atoms with Crippen molar-refractivity contribution in [1.82, 2.24) is 15.1 Å². The van der Waals surface area contributed by atoms with Crippen LogP contribution in [0.25, 0.3) is 0 Å². The lowest BCUT2D eigenvalue weighted by Crippen LogP contribution is -2.33. The Balaban J connectivity index is 1.47. The van der Waals surface area contributed by atoms with Crippen LogP contribution in [0.2, 0.25) is 0 Å². The zero-order valence-corrected chi connectivity index (χ0v) is 14.1. The van der Waals surface area contributed by atoms with Crippen molar-refractivity contribution in [3.8, 4) is 0 Å². The van der Waals surface area contributed by atoms with E-state index in [1.165, 1.54) is 17.0 Å². The molecule has 7 heteroatoms. The highest BCUT2D eigenvalue weighted by Crippen LogP contribution is 2.25. The third-order valence-electron chi connectivity index (χ3n) is 4.32. The average molecular weight is 344 g/mol. The first kappa shape index (κ1) is 17.1. The van der Waals surface area contributed by atoms with Crippen molar-refractivity contribution in [2.45, 2.75) is 19.3 Å². The molecule has 2 amide bonds. The minimum Gasteiger partial charge on any atom is -0.356 e. The summed E-state index contributed by atoms with van der Waals surface area (Å²) >= 11 is 0. The third kappa shape index (κ3) is 4.23. The van der Waals surface area contributed by atoms with Crippen LogP contribution in [0.15, 0.2) is 36.7 Å². The predicted octanol–water partition coefficient (Wildman–Crippen LogP) is 1.66. The molecule has 0 aliphatic carbocycles. The summed E-state index contributed by atoms with van der Waals surface area (Å²) < 4.78 is 15.1. The third-order valence-corrected chi connectivity index (χ3v) is 4.32. The molecule has 0 bridgehead atoms. The molecule has 1 aliphatic rings. The van der Waals surface area contributed by atoms with Gasteiger partial charge in [-0.3, -0.25) is 14.3 Å². The second-order valence-corrected chi connectivity index (χ2v) is 6.30. The molecule has 132 valence electrons. The molecular formula is C18H21FN4O2. The van der Waals surface area contributed by atoms with Gasteiger partial charge in [-0.1, -0.05) is 6.07 Å². The molecule has 2 aromatic rings. The maximum atomic E-state index is 13.3. The lowest BCUT2D eigenvalue weighted by atomic mass is 10.1. The number of carbonyl (C=O) groups is 2. The van der Waals surface area contributed by atoms with Gasteiger partial charge in [-0.2, -0.15) is 5.10 Å². The largest absolute Gasteiger partial charge is 0.356 e. The van der Waals surface area contributed by atoms with E-state index >= 15 is 0 Å². The van der Waals surface area contributed by atoms with Crippen LogP contribution in [0, 0.1) is 11.7 Å². The number of amides is 2. The topological polar surface area (TPSA) is 67.2 Å². The van der Waals surface area contributed by atoms with Crippen molar-refractivity contribution in [2.75, 3.05) is 18.0 Å². The van der Waals surface area contributed by atoms with Crippen molar-refractivity contribution in [3.05, 3.63) is 48.0 Å². The highest BCUT2D eigenvalue weighted by molar-refractivity contribution is 6.00. The number of carbonyl (C=O) groups excluding carboxylic acids is 2. The molecular weight excluding hydrogens is 323 g/mol. The monoisotopic (exact) mass is 344 g/mol. The molecule has 2 heterocycles. The minimum absolute atomic E-state index is 0.126. The Kier molecular flexibility index (Phi) is 5.11. The summed E-state index contributed by atoms with van der Waals surface area (Å²) in [5.74, 6) is -1.07. The fourth-order valence-electron chi connectivity index (χ4n) is 3.03. The lowest BCUT2D eigenvalue weighted by molar-refractivity contribution is -0.126. The van der Waals surface area contributed by atoms with E-state index in [0.717, 1.165) is 18.4 Å². The van der Waals surface area contributed by atoms with Crippen molar-refractivity contribution in [3.63, 3.8) is 0 Å². The van der Waals surface area contributed by atoms with Crippen LogP contribution in [-0.2, 0) is 23.1 Å². The Morgan fingerprint density at radius 1 is 1.44 bits per heavy atom. The van der Waals surface area contributed by atoms with Gasteiger partial charge in [-0.05, 0) is 36.6 Å². The van der Waals surface area contributed by atoms with Crippen LogP contribution >= 0.6 is 0 Å². The van der Waals surface area contributed by atoms with Gasteiger partial charge in [0.05, 0.1) is 12.1 Å². The fourth-order valence-corrected chi connectivity index (χ4v) is 3.03. The molecule has 1 N–H and O–H groups in total. The molecule has 0 spiro atoms. The second kappa shape index (κ2) is 7.46. The quantitative estimate of drug-likeness (QED) is 0.811. The molecule has 6 nitrogen and oxygen atoms in total. The van der Waals surface area contributed by atoms with Crippen LogP contribution < -0.4 is 10.2 Å². The summed E-state index contributed by atoms with van der Waals surface area (Å²) in [7, 11) is 1.87. The second-order valence-electron chi connectivity index (χ2n) is 6.30. The van der Waals surface area contributed by atoms with E-state index in [4.69, 9.17) is 0 Å². The van der Waals surface area contributed by atoms with E-state index in [0.29, 0.717) is 12.2 Å². The van der Waals surface area contributed by atoms with Crippen LogP contribution in [0.5, 0.6) is 0 Å². The van der Waals surface area contributed by atoms with Crippen molar-refractivity contribution >= 4 is 17.5 Å². The molecule has 25 heavy (non-hydrogen) atoms.